The van der Waals surface area contributed by atoms with Gasteiger partial charge >= 0.3 is 0 Å². The van der Waals surface area contributed by atoms with Gasteiger partial charge in [-0.1, -0.05) is 18.2 Å². The maximum Gasteiger partial charge on any atom is 0.240 e. The molecule has 2 aromatic rings. The lowest BCUT2D eigenvalue weighted by atomic mass is 10.1. The van der Waals surface area contributed by atoms with Crippen LogP contribution in [-0.4, -0.2) is 39.7 Å². The SMILES string of the molecule is O=C([C@@H]1CCCN1)N1CCc2c(cnn2-c2ccccc2)C1. The van der Waals surface area contributed by atoms with Crippen molar-refractivity contribution >= 4 is 5.91 Å². The van der Waals surface area contributed by atoms with Gasteiger partial charge in [0.25, 0.3) is 0 Å². The van der Waals surface area contributed by atoms with E-state index >= 15 is 0 Å². The number of carbonyl (C=O) groups is 1. The minimum absolute atomic E-state index is 0.0192. The van der Waals surface area contributed by atoms with Crippen LogP contribution >= 0.6 is 0 Å². The molecule has 1 atom stereocenters. The third-order valence-corrected chi connectivity index (χ3v) is 4.61. The Morgan fingerprint density at radius 1 is 1.27 bits per heavy atom. The standard InChI is InChI=1S/C17H20N4O/c22-17(15-7-4-9-18-15)20-10-8-16-13(12-20)11-19-21(16)14-5-2-1-3-6-14/h1-3,5-6,11,15,18H,4,7-10,12H2/t15-/m0/s1. The number of carbonyl (C=O) groups excluding carboxylic acids is 1. The maximum absolute atomic E-state index is 12.5. The zero-order valence-corrected chi connectivity index (χ0v) is 12.5. The zero-order valence-electron chi connectivity index (χ0n) is 12.5. The average Bonchev–Trinajstić information content (AvgIpc) is 3.24. The molecule has 1 aromatic carbocycles. The molecule has 0 bridgehead atoms. The van der Waals surface area contributed by atoms with Crippen LogP contribution in [0.2, 0.25) is 0 Å². The van der Waals surface area contributed by atoms with Gasteiger partial charge in [0.05, 0.1) is 23.6 Å². The molecular formula is C17H20N4O. The van der Waals surface area contributed by atoms with Gasteiger partial charge in [0.1, 0.15) is 0 Å². The minimum Gasteiger partial charge on any atom is -0.336 e. The number of amides is 1. The Balaban J connectivity index is 1.55. The van der Waals surface area contributed by atoms with Crippen LogP contribution < -0.4 is 5.32 Å². The van der Waals surface area contributed by atoms with Crippen molar-refractivity contribution in [3.05, 3.63) is 47.8 Å². The third-order valence-electron chi connectivity index (χ3n) is 4.61. The Kier molecular flexibility index (Phi) is 3.42. The summed E-state index contributed by atoms with van der Waals surface area (Å²) in [5.41, 5.74) is 3.48. The van der Waals surface area contributed by atoms with Crippen molar-refractivity contribution in [3.63, 3.8) is 0 Å². The van der Waals surface area contributed by atoms with Crippen molar-refractivity contribution in [3.8, 4) is 5.69 Å². The second kappa shape index (κ2) is 5.57. The lowest BCUT2D eigenvalue weighted by Gasteiger charge is -2.29. The molecule has 5 nitrogen and oxygen atoms in total. The number of fused-ring (bicyclic) bond motifs is 1. The molecule has 1 fully saturated rings. The van der Waals surface area contributed by atoms with Gasteiger partial charge < -0.3 is 10.2 Å². The lowest BCUT2D eigenvalue weighted by molar-refractivity contribution is -0.134. The summed E-state index contributed by atoms with van der Waals surface area (Å²) in [5, 5.41) is 7.82. The van der Waals surface area contributed by atoms with E-state index in [-0.39, 0.29) is 11.9 Å². The van der Waals surface area contributed by atoms with Crippen LogP contribution in [0.15, 0.2) is 36.5 Å². The fourth-order valence-electron chi connectivity index (χ4n) is 3.43. The van der Waals surface area contributed by atoms with Crippen molar-refractivity contribution in [2.24, 2.45) is 0 Å². The van der Waals surface area contributed by atoms with Crippen LogP contribution in [0.3, 0.4) is 0 Å². The van der Waals surface area contributed by atoms with E-state index in [1.165, 1.54) is 11.3 Å². The van der Waals surface area contributed by atoms with Gasteiger partial charge in [-0.3, -0.25) is 4.79 Å². The molecule has 5 heteroatoms. The topological polar surface area (TPSA) is 50.2 Å². The van der Waals surface area contributed by atoms with E-state index in [2.05, 4.69) is 22.5 Å². The molecule has 3 heterocycles. The number of rotatable bonds is 2. The predicted molar refractivity (Wildman–Crippen MR) is 83.7 cm³/mol. The molecule has 0 spiro atoms. The monoisotopic (exact) mass is 296 g/mol. The number of nitrogens with one attached hydrogen (secondary N) is 1. The highest BCUT2D eigenvalue weighted by molar-refractivity contribution is 5.82. The van der Waals surface area contributed by atoms with Crippen LogP contribution in [0.4, 0.5) is 0 Å². The first kappa shape index (κ1) is 13.5. The highest BCUT2D eigenvalue weighted by Crippen LogP contribution is 2.23. The fraction of sp³-hybridized carbons (Fsp3) is 0.412. The smallest absolute Gasteiger partial charge is 0.240 e. The van der Waals surface area contributed by atoms with Gasteiger partial charge in [-0.05, 0) is 31.5 Å². The maximum atomic E-state index is 12.5. The summed E-state index contributed by atoms with van der Waals surface area (Å²) in [7, 11) is 0. The fourth-order valence-corrected chi connectivity index (χ4v) is 3.43. The molecule has 1 amide bonds. The quantitative estimate of drug-likeness (QED) is 0.914. The molecule has 2 aliphatic rings. The van der Waals surface area contributed by atoms with Gasteiger partial charge in [0, 0.05) is 25.1 Å². The van der Waals surface area contributed by atoms with Gasteiger partial charge in [-0.2, -0.15) is 5.10 Å². The summed E-state index contributed by atoms with van der Waals surface area (Å²) < 4.78 is 2.00. The summed E-state index contributed by atoms with van der Waals surface area (Å²) in [4.78, 5) is 14.5. The molecule has 0 unspecified atom stereocenters. The van der Waals surface area contributed by atoms with Gasteiger partial charge in [0.2, 0.25) is 5.91 Å². The number of aromatic nitrogens is 2. The van der Waals surface area contributed by atoms with Crippen molar-refractivity contribution in [1.29, 1.82) is 0 Å². The minimum atomic E-state index is 0.0192. The Labute approximate surface area is 129 Å². The van der Waals surface area contributed by atoms with Gasteiger partial charge in [-0.25, -0.2) is 4.68 Å². The first-order valence-corrected chi connectivity index (χ1v) is 7.96. The number of benzene rings is 1. The molecular weight excluding hydrogens is 276 g/mol. The molecule has 22 heavy (non-hydrogen) atoms. The molecule has 0 radical (unpaired) electrons. The third kappa shape index (κ3) is 2.31. The zero-order chi connectivity index (χ0) is 14.9. The molecule has 2 aliphatic heterocycles. The first-order chi connectivity index (χ1) is 10.8. The van der Waals surface area contributed by atoms with E-state index in [0.717, 1.165) is 38.0 Å². The Morgan fingerprint density at radius 2 is 2.14 bits per heavy atom. The number of nitrogens with zero attached hydrogens (tertiary/aromatic N) is 3. The highest BCUT2D eigenvalue weighted by atomic mass is 16.2. The molecule has 114 valence electrons. The van der Waals surface area contributed by atoms with Gasteiger partial charge in [-0.15, -0.1) is 0 Å². The Bertz CT molecular complexity index is 673. The van der Waals surface area contributed by atoms with E-state index in [9.17, 15) is 4.79 Å². The average molecular weight is 296 g/mol. The number of hydrogen-bond donors (Lipinski definition) is 1. The second-order valence-corrected chi connectivity index (χ2v) is 6.02. The summed E-state index contributed by atoms with van der Waals surface area (Å²) in [6.07, 6.45) is 4.83. The van der Waals surface area contributed by atoms with E-state index in [0.29, 0.717) is 6.54 Å². The normalized spacial score (nSPS) is 20.9. The summed E-state index contributed by atoms with van der Waals surface area (Å²) >= 11 is 0. The van der Waals surface area contributed by atoms with Crippen LogP contribution in [-0.2, 0) is 17.8 Å². The van der Waals surface area contributed by atoms with Crippen LogP contribution in [0, 0.1) is 0 Å². The second-order valence-electron chi connectivity index (χ2n) is 6.02. The predicted octanol–water partition coefficient (Wildman–Crippen LogP) is 1.51. The first-order valence-electron chi connectivity index (χ1n) is 7.96. The molecule has 1 aromatic heterocycles. The van der Waals surface area contributed by atoms with Crippen molar-refractivity contribution < 1.29 is 4.79 Å². The van der Waals surface area contributed by atoms with Crippen LogP contribution in [0.1, 0.15) is 24.1 Å². The van der Waals surface area contributed by atoms with E-state index in [1.54, 1.807) is 0 Å². The van der Waals surface area contributed by atoms with E-state index in [4.69, 9.17) is 0 Å². The van der Waals surface area contributed by atoms with E-state index in [1.807, 2.05) is 34.0 Å². The van der Waals surface area contributed by atoms with Gasteiger partial charge in [0.15, 0.2) is 0 Å². The van der Waals surface area contributed by atoms with Crippen molar-refractivity contribution in [2.45, 2.75) is 31.8 Å². The van der Waals surface area contributed by atoms with Crippen LogP contribution in [0.25, 0.3) is 5.69 Å². The highest BCUT2D eigenvalue weighted by Gasteiger charge is 2.30. The number of para-hydroxylation sites is 1. The largest absolute Gasteiger partial charge is 0.336 e. The summed E-state index contributed by atoms with van der Waals surface area (Å²) in [6, 6.07) is 10.2. The Hall–Kier alpha value is -2.14. The van der Waals surface area contributed by atoms with E-state index < -0.39 is 0 Å². The lowest BCUT2D eigenvalue weighted by Crippen LogP contribution is -2.45. The molecule has 0 aliphatic carbocycles. The molecule has 1 N–H and O–H groups in total. The summed E-state index contributed by atoms with van der Waals surface area (Å²) in [5.74, 6) is 0.246. The van der Waals surface area contributed by atoms with Crippen molar-refractivity contribution in [2.75, 3.05) is 13.1 Å². The number of hydrogen-bond acceptors (Lipinski definition) is 3. The Morgan fingerprint density at radius 3 is 2.91 bits per heavy atom. The summed E-state index contributed by atoms with van der Waals surface area (Å²) in [6.45, 7) is 2.42. The molecule has 4 rings (SSSR count). The van der Waals surface area contributed by atoms with Crippen LogP contribution in [0.5, 0.6) is 0 Å². The molecule has 0 saturated carbocycles. The van der Waals surface area contributed by atoms with Crippen molar-refractivity contribution in [1.82, 2.24) is 20.0 Å². The molecule has 1 saturated heterocycles.